The highest BCUT2D eigenvalue weighted by Gasteiger charge is 2.19. The van der Waals surface area contributed by atoms with Crippen LogP contribution < -0.4 is 0 Å². The van der Waals surface area contributed by atoms with Crippen molar-refractivity contribution in [2.45, 2.75) is 20.8 Å². The Morgan fingerprint density at radius 2 is 1.94 bits per heavy atom. The summed E-state index contributed by atoms with van der Waals surface area (Å²) in [6.45, 7) is 5.42. The summed E-state index contributed by atoms with van der Waals surface area (Å²) in [6.07, 6.45) is 0. The van der Waals surface area contributed by atoms with Crippen LogP contribution in [0.2, 0.25) is 5.02 Å². The third kappa shape index (κ3) is 4.15. The van der Waals surface area contributed by atoms with E-state index in [1.165, 1.54) is 0 Å². The number of halogens is 1. The van der Waals surface area contributed by atoms with Crippen LogP contribution in [-0.2, 0) is 9.53 Å². The van der Waals surface area contributed by atoms with Crippen LogP contribution in [0.25, 0.3) is 0 Å². The highest BCUT2D eigenvalue weighted by atomic mass is 35.5. The topological polar surface area (TPSA) is 43.4 Å². The Kier molecular flexibility index (Phi) is 5.35. The summed E-state index contributed by atoms with van der Waals surface area (Å²) in [7, 11) is 0. The molecule has 0 heterocycles. The highest BCUT2D eigenvalue weighted by molar-refractivity contribution is 6.31. The third-order valence-corrected chi connectivity index (χ3v) is 3.10. The van der Waals surface area contributed by atoms with Crippen LogP contribution in [0.1, 0.15) is 31.1 Å². The van der Waals surface area contributed by atoms with Gasteiger partial charge in [-0.25, -0.2) is 0 Å². The minimum Gasteiger partial charge on any atom is -0.457 e. The Hall–Kier alpha value is -1.35. The van der Waals surface area contributed by atoms with E-state index in [1.54, 1.807) is 31.2 Å². The van der Waals surface area contributed by atoms with Crippen molar-refractivity contribution in [3.05, 3.63) is 34.9 Å². The summed E-state index contributed by atoms with van der Waals surface area (Å²) >= 11 is 5.78. The van der Waals surface area contributed by atoms with Crippen molar-refractivity contribution in [2.24, 2.45) is 11.8 Å². The van der Waals surface area contributed by atoms with Crippen molar-refractivity contribution in [1.82, 2.24) is 0 Å². The maximum Gasteiger partial charge on any atom is 0.309 e. The Balaban J connectivity index is 2.54. The molecule has 98 valence electrons. The van der Waals surface area contributed by atoms with Crippen LogP contribution in [0, 0.1) is 11.8 Å². The summed E-state index contributed by atoms with van der Waals surface area (Å²) in [5, 5.41) is 0.489. The maximum absolute atomic E-state index is 11.8. The second-order valence-corrected chi connectivity index (χ2v) is 5.01. The van der Waals surface area contributed by atoms with Gasteiger partial charge in [0.05, 0.1) is 5.92 Å². The lowest BCUT2D eigenvalue weighted by molar-refractivity contribution is -0.148. The third-order valence-electron chi connectivity index (χ3n) is 2.86. The molecule has 4 heteroatoms. The van der Waals surface area contributed by atoms with Crippen molar-refractivity contribution in [3.8, 4) is 0 Å². The van der Waals surface area contributed by atoms with Gasteiger partial charge in [-0.05, 0) is 18.1 Å². The van der Waals surface area contributed by atoms with Crippen LogP contribution >= 0.6 is 11.6 Å². The van der Waals surface area contributed by atoms with Gasteiger partial charge in [-0.1, -0.05) is 44.5 Å². The van der Waals surface area contributed by atoms with Gasteiger partial charge in [0.1, 0.15) is 0 Å². The highest BCUT2D eigenvalue weighted by Crippen LogP contribution is 2.13. The second kappa shape index (κ2) is 6.55. The van der Waals surface area contributed by atoms with Gasteiger partial charge in [-0.2, -0.15) is 0 Å². The molecule has 0 unspecified atom stereocenters. The second-order valence-electron chi connectivity index (χ2n) is 4.57. The van der Waals surface area contributed by atoms with E-state index in [9.17, 15) is 9.59 Å². The van der Waals surface area contributed by atoms with Gasteiger partial charge in [0, 0.05) is 10.6 Å². The fourth-order valence-corrected chi connectivity index (χ4v) is 1.48. The normalized spacial score (nSPS) is 12.3. The molecule has 0 saturated heterocycles. The molecule has 0 saturated carbocycles. The molecule has 18 heavy (non-hydrogen) atoms. The number of Topliss-reactive ketones (excluding diaryl/α,β-unsaturated/α-hetero) is 1. The molecule has 0 aliphatic rings. The average molecular weight is 269 g/mol. The van der Waals surface area contributed by atoms with Crippen LogP contribution in [0.4, 0.5) is 0 Å². The number of esters is 1. The standard InChI is InChI=1S/C14H17ClO3/c1-9(2)10(3)14(17)18-8-13(16)11-5-4-6-12(15)7-11/h4-7,9-10H,8H2,1-3H3/t10-/m1/s1. The molecule has 0 aliphatic heterocycles. The molecule has 0 N–H and O–H groups in total. The van der Waals surface area contributed by atoms with E-state index in [-0.39, 0.29) is 30.2 Å². The summed E-state index contributed by atoms with van der Waals surface area (Å²) in [6, 6.07) is 6.58. The maximum atomic E-state index is 11.8. The first-order valence-electron chi connectivity index (χ1n) is 5.87. The van der Waals surface area contributed by atoms with Gasteiger partial charge in [-0.3, -0.25) is 9.59 Å². The van der Waals surface area contributed by atoms with Crippen LogP contribution in [0.3, 0.4) is 0 Å². The molecular weight excluding hydrogens is 252 g/mol. The SMILES string of the molecule is CC(C)[C@@H](C)C(=O)OCC(=O)c1cccc(Cl)c1. The van der Waals surface area contributed by atoms with Gasteiger partial charge in [0.25, 0.3) is 0 Å². The smallest absolute Gasteiger partial charge is 0.309 e. The average Bonchev–Trinajstić information content (AvgIpc) is 2.34. The monoisotopic (exact) mass is 268 g/mol. The van der Waals surface area contributed by atoms with Gasteiger partial charge >= 0.3 is 5.97 Å². The molecule has 0 amide bonds. The van der Waals surface area contributed by atoms with E-state index in [2.05, 4.69) is 0 Å². The molecule has 1 aromatic carbocycles. The van der Waals surface area contributed by atoms with Gasteiger partial charge in [-0.15, -0.1) is 0 Å². The molecular formula is C14H17ClO3. The van der Waals surface area contributed by atoms with E-state index in [1.807, 2.05) is 13.8 Å². The number of carbonyl (C=O) groups is 2. The first kappa shape index (κ1) is 14.7. The molecule has 0 fully saturated rings. The number of hydrogen-bond donors (Lipinski definition) is 0. The van der Waals surface area contributed by atoms with Crippen molar-refractivity contribution < 1.29 is 14.3 Å². The fourth-order valence-electron chi connectivity index (χ4n) is 1.29. The lowest BCUT2D eigenvalue weighted by atomic mass is 9.99. The van der Waals surface area contributed by atoms with Crippen LogP contribution in [0.15, 0.2) is 24.3 Å². The Bertz CT molecular complexity index is 440. The Morgan fingerprint density at radius 3 is 2.50 bits per heavy atom. The minimum absolute atomic E-state index is 0.193. The van der Waals surface area contributed by atoms with Gasteiger partial charge in [0.15, 0.2) is 12.4 Å². The lowest BCUT2D eigenvalue weighted by Gasteiger charge is -2.13. The zero-order valence-electron chi connectivity index (χ0n) is 10.8. The summed E-state index contributed by atoms with van der Waals surface area (Å²) < 4.78 is 4.99. The molecule has 1 atom stereocenters. The minimum atomic E-state index is -0.347. The molecule has 1 rings (SSSR count). The summed E-state index contributed by atoms with van der Waals surface area (Å²) in [4.78, 5) is 23.3. The molecule has 0 radical (unpaired) electrons. The molecule has 0 bridgehead atoms. The van der Waals surface area contributed by atoms with Crippen molar-refractivity contribution in [2.75, 3.05) is 6.61 Å². The van der Waals surface area contributed by atoms with Crippen LogP contribution in [-0.4, -0.2) is 18.4 Å². The number of ketones is 1. The first-order valence-corrected chi connectivity index (χ1v) is 6.25. The fraction of sp³-hybridized carbons (Fsp3) is 0.429. The number of benzene rings is 1. The zero-order chi connectivity index (χ0) is 13.7. The Morgan fingerprint density at radius 1 is 1.28 bits per heavy atom. The summed E-state index contributed by atoms with van der Waals surface area (Å²) in [5.41, 5.74) is 0.451. The van der Waals surface area contributed by atoms with E-state index >= 15 is 0 Å². The molecule has 0 aromatic heterocycles. The largest absolute Gasteiger partial charge is 0.457 e. The predicted octanol–water partition coefficient (Wildman–Crippen LogP) is 3.36. The molecule has 3 nitrogen and oxygen atoms in total. The molecule has 1 aromatic rings. The number of hydrogen-bond acceptors (Lipinski definition) is 3. The predicted molar refractivity (Wildman–Crippen MR) is 70.7 cm³/mol. The molecule has 0 spiro atoms. The van der Waals surface area contributed by atoms with Crippen LogP contribution in [0.5, 0.6) is 0 Å². The summed E-state index contributed by atoms with van der Waals surface area (Å²) in [5.74, 6) is -0.613. The Labute approximate surface area is 112 Å². The quantitative estimate of drug-likeness (QED) is 0.607. The molecule has 0 aliphatic carbocycles. The van der Waals surface area contributed by atoms with E-state index in [0.29, 0.717) is 10.6 Å². The lowest BCUT2D eigenvalue weighted by Crippen LogP contribution is -2.22. The van der Waals surface area contributed by atoms with Crippen molar-refractivity contribution in [1.29, 1.82) is 0 Å². The van der Waals surface area contributed by atoms with Crippen molar-refractivity contribution in [3.63, 3.8) is 0 Å². The zero-order valence-corrected chi connectivity index (χ0v) is 11.5. The van der Waals surface area contributed by atoms with E-state index in [0.717, 1.165) is 0 Å². The number of rotatable bonds is 5. The van der Waals surface area contributed by atoms with E-state index < -0.39 is 0 Å². The first-order chi connectivity index (χ1) is 8.41. The van der Waals surface area contributed by atoms with E-state index in [4.69, 9.17) is 16.3 Å². The number of carbonyl (C=O) groups excluding carboxylic acids is 2. The van der Waals surface area contributed by atoms with Crippen molar-refractivity contribution >= 4 is 23.4 Å². The van der Waals surface area contributed by atoms with Gasteiger partial charge in [0.2, 0.25) is 0 Å². The van der Waals surface area contributed by atoms with Gasteiger partial charge < -0.3 is 4.74 Å². The number of ether oxygens (including phenoxy) is 1.